The lowest BCUT2D eigenvalue weighted by molar-refractivity contribution is -0.108. The monoisotopic (exact) mass is 212 g/mol. The first-order valence-electron chi connectivity index (χ1n) is 5.51. The van der Waals surface area contributed by atoms with Crippen LogP contribution >= 0.6 is 0 Å². The minimum atomic E-state index is -0.288. The van der Waals surface area contributed by atoms with Gasteiger partial charge in [-0.2, -0.15) is 5.26 Å². The average Bonchev–Trinajstić information content (AvgIpc) is 2.76. The van der Waals surface area contributed by atoms with Crippen molar-refractivity contribution in [2.45, 2.75) is 50.5 Å². The van der Waals surface area contributed by atoms with Crippen LogP contribution in [0.3, 0.4) is 0 Å². The summed E-state index contributed by atoms with van der Waals surface area (Å²) in [6.07, 6.45) is 5.20. The molecule has 0 saturated heterocycles. The molecule has 15 heavy (non-hydrogen) atoms. The summed E-state index contributed by atoms with van der Waals surface area (Å²) in [7, 11) is 3.19. The molecular weight excluding hydrogens is 192 g/mol. The van der Waals surface area contributed by atoms with E-state index < -0.39 is 0 Å². The van der Waals surface area contributed by atoms with Crippen LogP contribution in [0.25, 0.3) is 0 Å². The molecule has 1 N–H and O–H groups in total. The first-order valence-corrected chi connectivity index (χ1v) is 5.51. The smallest absolute Gasteiger partial charge is 0.159 e. The Hall–Kier alpha value is -0.630. The lowest BCUT2D eigenvalue weighted by atomic mass is 10.1. The minimum Gasteiger partial charge on any atom is -0.356 e. The summed E-state index contributed by atoms with van der Waals surface area (Å²) >= 11 is 0. The van der Waals surface area contributed by atoms with Gasteiger partial charge in [-0.1, -0.05) is 12.8 Å². The molecule has 0 bridgehead atoms. The van der Waals surface area contributed by atoms with E-state index in [-0.39, 0.29) is 12.3 Å². The van der Waals surface area contributed by atoms with Crippen molar-refractivity contribution in [2.75, 3.05) is 14.2 Å². The topological polar surface area (TPSA) is 54.3 Å². The Morgan fingerprint density at radius 1 is 1.33 bits per heavy atom. The molecule has 1 unspecified atom stereocenters. The van der Waals surface area contributed by atoms with Gasteiger partial charge in [-0.25, -0.2) is 0 Å². The number of methoxy groups -OCH3 is 2. The normalized spacial score (nSPS) is 19.3. The Kier molecular flexibility index (Phi) is 5.62. The predicted molar refractivity (Wildman–Crippen MR) is 57.2 cm³/mol. The molecule has 1 fully saturated rings. The maximum Gasteiger partial charge on any atom is 0.159 e. The van der Waals surface area contributed by atoms with Gasteiger partial charge in [0.25, 0.3) is 0 Å². The number of hydrogen-bond acceptors (Lipinski definition) is 4. The molecule has 0 aromatic heterocycles. The lowest BCUT2D eigenvalue weighted by Crippen LogP contribution is -2.38. The van der Waals surface area contributed by atoms with Crippen LogP contribution in [0.5, 0.6) is 0 Å². The van der Waals surface area contributed by atoms with Gasteiger partial charge in [-0.05, 0) is 12.8 Å². The van der Waals surface area contributed by atoms with E-state index in [0.717, 1.165) is 0 Å². The quantitative estimate of drug-likeness (QED) is 0.676. The number of nitrogens with zero attached hydrogens (tertiary/aromatic N) is 1. The number of rotatable bonds is 6. The highest BCUT2D eigenvalue weighted by atomic mass is 16.7. The molecule has 0 amide bonds. The van der Waals surface area contributed by atoms with Crippen molar-refractivity contribution >= 4 is 0 Å². The van der Waals surface area contributed by atoms with Crippen LogP contribution in [0.2, 0.25) is 0 Å². The van der Waals surface area contributed by atoms with E-state index in [1.54, 1.807) is 14.2 Å². The molecule has 0 spiro atoms. The highest BCUT2D eigenvalue weighted by Crippen LogP contribution is 2.18. The van der Waals surface area contributed by atoms with E-state index in [0.29, 0.717) is 12.5 Å². The highest BCUT2D eigenvalue weighted by Gasteiger charge is 2.21. The summed E-state index contributed by atoms with van der Waals surface area (Å²) in [5.74, 6) is 0. The largest absolute Gasteiger partial charge is 0.356 e. The first-order chi connectivity index (χ1) is 7.30. The van der Waals surface area contributed by atoms with Crippen LogP contribution < -0.4 is 5.32 Å². The third kappa shape index (κ3) is 4.17. The minimum absolute atomic E-state index is 0.169. The lowest BCUT2D eigenvalue weighted by Gasteiger charge is -2.20. The maximum absolute atomic E-state index is 9.00. The van der Waals surface area contributed by atoms with Gasteiger partial charge < -0.3 is 9.47 Å². The number of nitrogens with one attached hydrogen (secondary N) is 1. The predicted octanol–water partition coefficient (Wildman–Crippen LogP) is 1.42. The summed E-state index contributed by atoms with van der Waals surface area (Å²) in [6, 6.07) is 2.59. The van der Waals surface area contributed by atoms with E-state index in [1.807, 2.05) is 0 Å². The van der Waals surface area contributed by atoms with Gasteiger partial charge in [0, 0.05) is 26.7 Å². The fraction of sp³-hybridized carbons (Fsp3) is 0.909. The van der Waals surface area contributed by atoms with E-state index in [4.69, 9.17) is 14.7 Å². The molecule has 1 aliphatic carbocycles. The van der Waals surface area contributed by atoms with Crippen molar-refractivity contribution in [1.82, 2.24) is 5.32 Å². The molecule has 4 nitrogen and oxygen atoms in total. The molecule has 1 saturated carbocycles. The van der Waals surface area contributed by atoms with Gasteiger partial charge >= 0.3 is 0 Å². The van der Waals surface area contributed by atoms with E-state index in [1.165, 1.54) is 25.7 Å². The van der Waals surface area contributed by atoms with Crippen molar-refractivity contribution < 1.29 is 9.47 Å². The van der Waals surface area contributed by atoms with E-state index in [2.05, 4.69) is 11.4 Å². The van der Waals surface area contributed by atoms with Crippen molar-refractivity contribution in [3.8, 4) is 6.07 Å². The number of hydrogen-bond donors (Lipinski definition) is 1. The third-order valence-electron chi connectivity index (χ3n) is 2.90. The van der Waals surface area contributed by atoms with E-state index in [9.17, 15) is 0 Å². The molecule has 86 valence electrons. The molecular formula is C11H20N2O2. The second kappa shape index (κ2) is 6.78. The molecule has 0 aromatic rings. The van der Waals surface area contributed by atoms with Crippen LogP contribution in [-0.2, 0) is 9.47 Å². The summed E-state index contributed by atoms with van der Waals surface area (Å²) in [6.45, 7) is 0. The van der Waals surface area contributed by atoms with Crippen molar-refractivity contribution in [3.63, 3.8) is 0 Å². The standard InChI is InChI=1S/C11H20N2O2/c1-14-11(15-2)7-10(8-12)13-9-5-3-4-6-9/h9-11,13H,3-7H2,1-2H3. The second-order valence-corrected chi connectivity index (χ2v) is 3.97. The fourth-order valence-electron chi connectivity index (χ4n) is 2.02. The molecule has 0 heterocycles. The van der Waals surface area contributed by atoms with Gasteiger partial charge in [-0.3, -0.25) is 5.32 Å². The third-order valence-corrected chi connectivity index (χ3v) is 2.90. The van der Waals surface area contributed by atoms with Gasteiger partial charge in [-0.15, -0.1) is 0 Å². The molecule has 1 atom stereocenters. The Labute approximate surface area is 91.6 Å². The summed E-state index contributed by atoms with van der Waals surface area (Å²) in [4.78, 5) is 0. The maximum atomic E-state index is 9.00. The van der Waals surface area contributed by atoms with Crippen LogP contribution in [-0.4, -0.2) is 32.6 Å². The van der Waals surface area contributed by atoms with Crippen LogP contribution in [0.1, 0.15) is 32.1 Å². The Morgan fingerprint density at radius 2 is 1.93 bits per heavy atom. The SMILES string of the molecule is COC(CC(C#N)NC1CCCC1)OC. The zero-order chi connectivity index (χ0) is 11.1. The molecule has 1 rings (SSSR count). The Balaban J connectivity index is 2.31. The molecule has 4 heteroatoms. The summed E-state index contributed by atoms with van der Waals surface area (Å²) in [5, 5.41) is 12.3. The fourth-order valence-corrected chi connectivity index (χ4v) is 2.02. The molecule has 0 aliphatic heterocycles. The van der Waals surface area contributed by atoms with Crippen molar-refractivity contribution in [2.24, 2.45) is 0 Å². The summed E-state index contributed by atoms with van der Waals surface area (Å²) < 4.78 is 10.2. The Morgan fingerprint density at radius 3 is 2.40 bits per heavy atom. The van der Waals surface area contributed by atoms with Gasteiger partial charge in [0.05, 0.1) is 6.07 Å². The second-order valence-electron chi connectivity index (χ2n) is 3.97. The van der Waals surface area contributed by atoms with Crippen LogP contribution in [0.4, 0.5) is 0 Å². The Bertz CT molecular complexity index is 201. The summed E-state index contributed by atoms with van der Waals surface area (Å²) in [5.41, 5.74) is 0. The highest BCUT2D eigenvalue weighted by molar-refractivity contribution is 4.93. The zero-order valence-electron chi connectivity index (χ0n) is 9.53. The number of ether oxygens (including phenoxy) is 2. The number of nitriles is 1. The molecule has 1 aliphatic rings. The van der Waals surface area contributed by atoms with Gasteiger partial charge in [0.2, 0.25) is 0 Å². The van der Waals surface area contributed by atoms with Crippen molar-refractivity contribution in [3.05, 3.63) is 0 Å². The van der Waals surface area contributed by atoms with E-state index >= 15 is 0 Å². The van der Waals surface area contributed by atoms with Gasteiger partial charge in [0.1, 0.15) is 6.04 Å². The first kappa shape index (κ1) is 12.4. The van der Waals surface area contributed by atoms with Crippen LogP contribution in [0.15, 0.2) is 0 Å². The molecule has 0 aromatic carbocycles. The van der Waals surface area contributed by atoms with Gasteiger partial charge in [0.15, 0.2) is 6.29 Å². The van der Waals surface area contributed by atoms with Crippen LogP contribution in [0, 0.1) is 11.3 Å². The van der Waals surface area contributed by atoms with Crippen molar-refractivity contribution in [1.29, 1.82) is 5.26 Å². The molecule has 0 radical (unpaired) electrons. The zero-order valence-corrected chi connectivity index (χ0v) is 9.53. The average molecular weight is 212 g/mol.